The molecule has 3 aliphatic rings. The highest BCUT2D eigenvalue weighted by atomic mass is 16.7. The zero-order chi connectivity index (χ0) is 22.6. The minimum atomic E-state index is -0.430. The number of anilines is 3. The normalized spacial score (nSPS) is 24.3. The monoisotopic (exact) mass is 449 g/mol. The van der Waals surface area contributed by atoms with Gasteiger partial charge in [0.1, 0.15) is 0 Å². The highest BCUT2D eigenvalue weighted by molar-refractivity contribution is 5.84. The maximum absolute atomic E-state index is 12.4. The predicted molar refractivity (Wildman–Crippen MR) is 133 cm³/mol. The number of carbonyl (C=O) groups is 1. The number of benzene rings is 2. The third-order valence-electron chi connectivity index (χ3n) is 7.29. The molecule has 1 N–H and O–H groups in total. The van der Waals surface area contributed by atoms with Gasteiger partial charge in [-0.15, -0.1) is 5.06 Å². The molecule has 3 saturated heterocycles. The zero-order valence-corrected chi connectivity index (χ0v) is 19.5. The minimum absolute atomic E-state index is 0.430. The first-order valence-corrected chi connectivity index (χ1v) is 12.3. The molecule has 3 heterocycles. The Bertz CT molecular complexity index is 914. The van der Waals surface area contributed by atoms with E-state index in [9.17, 15) is 4.79 Å². The van der Waals surface area contributed by atoms with Crippen LogP contribution in [0.1, 0.15) is 26.2 Å². The van der Waals surface area contributed by atoms with Crippen molar-refractivity contribution < 1.29 is 9.63 Å². The van der Waals surface area contributed by atoms with Crippen LogP contribution in [-0.4, -0.2) is 74.0 Å². The van der Waals surface area contributed by atoms with Gasteiger partial charge in [0.2, 0.25) is 0 Å². The van der Waals surface area contributed by atoms with E-state index in [1.165, 1.54) is 37.2 Å². The van der Waals surface area contributed by atoms with E-state index in [-0.39, 0.29) is 0 Å². The Kier molecular flexibility index (Phi) is 6.69. The Morgan fingerprint density at radius 3 is 2.27 bits per heavy atom. The molecule has 0 aromatic heterocycles. The number of hydroxylamine groups is 2. The molecule has 5 rings (SSSR count). The molecular weight excluding hydrogens is 414 g/mol. The number of nitrogens with zero attached hydrogens (tertiary/aromatic N) is 4. The number of likely N-dealkylation sites (tertiary alicyclic amines) is 1. The molecule has 2 atom stereocenters. The van der Waals surface area contributed by atoms with Crippen molar-refractivity contribution in [3.05, 3.63) is 54.6 Å². The van der Waals surface area contributed by atoms with Crippen LogP contribution in [-0.2, 0) is 4.84 Å². The fraction of sp³-hybridized carbons (Fsp3) is 0.500. The molecule has 0 saturated carbocycles. The van der Waals surface area contributed by atoms with E-state index in [0.29, 0.717) is 25.2 Å². The largest absolute Gasteiger partial charge is 0.430 e. The van der Waals surface area contributed by atoms with Gasteiger partial charge in [0.25, 0.3) is 0 Å². The topological polar surface area (TPSA) is 51.3 Å². The molecule has 0 spiro atoms. The van der Waals surface area contributed by atoms with E-state index in [4.69, 9.17) is 4.84 Å². The minimum Gasteiger partial charge on any atom is -0.370 e. The molecule has 33 heavy (non-hydrogen) atoms. The number of hydrogen-bond donors (Lipinski definition) is 1. The molecule has 2 aromatic rings. The summed E-state index contributed by atoms with van der Waals surface area (Å²) in [5.41, 5.74) is 3.19. The Morgan fingerprint density at radius 2 is 1.58 bits per heavy atom. The van der Waals surface area contributed by atoms with E-state index < -0.39 is 6.09 Å². The highest BCUT2D eigenvalue weighted by Gasteiger charge is 2.32. The Balaban J connectivity index is 1.07. The first-order chi connectivity index (χ1) is 16.2. The van der Waals surface area contributed by atoms with Gasteiger partial charge < -0.3 is 14.6 Å². The average Bonchev–Trinajstić information content (AvgIpc) is 3.49. The quantitative estimate of drug-likeness (QED) is 0.744. The maximum atomic E-state index is 12.4. The summed E-state index contributed by atoms with van der Waals surface area (Å²) in [5.74, 6) is 0. The average molecular weight is 450 g/mol. The van der Waals surface area contributed by atoms with Gasteiger partial charge in [-0.3, -0.25) is 10.2 Å². The fourth-order valence-electron chi connectivity index (χ4n) is 5.43. The standard InChI is InChI=1S/C26H35N5O2/c1-21-6-5-14-31(21)25-13-15-29(20-25)24-11-9-22(10-12-24)27-26(32)33-30-18-16-28(17-19-30)23-7-3-2-4-8-23/h2-4,7-12,21,25H,5-6,13-20H2,1H3,(H,27,32). The molecule has 7 nitrogen and oxygen atoms in total. The van der Waals surface area contributed by atoms with Crippen LogP contribution in [0, 0.1) is 0 Å². The lowest BCUT2D eigenvalue weighted by Crippen LogP contribution is -2.47. The van der Waals surface area contributed by atoms with Crippen LogP contribution >= 0.6 is 0 Å². The molecule has 0 radical (unpaired) electrons. The molecule has 176 valence electrons. The van der Waals surface area contributed by atoms with Gasteiger partial charge in [0.05, 0.1) is 13.1 Å². The van der Waals surface area contributed by atoms with Gasteiger partial charge >= 0.3 is 6.09 Å². The van der Waals surface area contributed by atoms with E-state index in [2.05, 4.69) is 51.2 Å². The summed E-state index contributed by atoms with van der Waals surface area (Å²) >= 11 is 0. The second-order valence-electron chi connectivity index (χ2n) is 9.42. The van der Waals surface area contributed by atoms with Crippen molar-refractivity contribution >= 4 is 23.2 Å². The number of para-hydroxylation sites is 1. The molecule has 3 fully saturated rings. The summed E-state index contributed by atoms with van der Waals surface area (Å²) in [4.78, 5) is 25.4. The number of hydrogen-bond acceptors (Lipinski definition) is 6. The van der Waals surface area contributed by atoms with Crippen LogP contribution in [0.4, 0.5) is 21.9 Å². The predicted octanol–water partition coefficient (Wildman–Crippen LogP) is 4.04. The summed E-state index contributed by atoms with van der Waals surface area (Å²) in [6, 6.07) is 19.9. The van der Waals surface area contributed by atoms with Crippen LogP contribution in [0.2, 0.25) is 0 Å². The second-order valence-corrected chi connectivity index (χ2v) is 9.42. The number of rotatable bonds is 5. The maximum Gasteiger partial charge on any atom is 0.430 e. The lowest BCUT2D eigenvalue weighted by Gasteiger charge is -2.34. The smallest absolute Gasteiger partial charge is 0.370 e. The van der Waals surface area contributed by atoms with E-state index in [1.807, 2.05) is 30.3 Å². The van der Waals surface area contributed by atoms with E-state index in [1.54, 1.807) is 5.06 Å². The van der Waals surface area contributed by atoms with Crippen LogP contribution in [0.3, 0.4) is 0 Å². The van der Waals surface area contributed by atoms with Gasteiger partial charge in [0.15, 0.2) is 0 Å². The number of nitrogens with one attached hydrogen (secondary N) is 1. The van der Waals surface area contributed by atoms with Crippen molar-refractivity contribution in [2.24, 2.45) is 0 Å². The van der Waals surface area contributed by atoms with Crippen LogP contribution < -0.4 is 15.1 Å². The lowest BCUT2D eigenvalue weighted by molar-refractivity contribution is -0.0966. The van der Waals surface area contributed by atoms with Gasteiger partial charge in [0, 0.05) is 55.3 Å². The van der Waals surface area contributed by atoms with E-state index >= 15 is 0 Å². The van der Waals surface area contributed by atoms with Gasteiger partial charge in [-0.2, -0.15) is 0 Å². The zero-order valence-electron chi connectivity index (χ0n) is 19.5. The summed E-state index contributed by atoms with van der Waals surface area (Å²) in [6.45, 7) is 8.83. The number of carbonyl (C=O) groups excluding carboxylic acids is 1. The van der Waals surface area contributed by atoms with Gasteiger partial charge in [-0.1, -0.05) is 18.2 Å². The third kappa shape index (κ3) is 5.25. The van der Waals surface area contributed by atoms with Gasteiger partial charge in [-0.05, 0) is 69.1 Å². The van der Waals surface area contributed by atoms with Crippen molar-refractivity contribution in [1.82, 2.24) is 9.96 Å². The Labute approximate surface area is 196 Å². The number of piperazine rings is 1. The van der Waals surface area contributed by atoms with Crippen molar-refractivity contribution in [3.8, 4) is 0 Å². The molecular formula is C26H35N5O2. The lowest BCUT2D eigenvalue weighted by atomic mass is 10.2. The highest BCUT2D eigenvalue weighted by Crippen LogP contribution is 2.28. The van der Waals surface area contributed by atoms with Crippen LogP contribution in [0.25, 0.3) is 0 Å². The summed E-state index contributed by atoms with van der Waals surface area (Å²) in [5, 5.41) is 4.61. The van der Waals surface area contributed by atoms with E-state index in [0.717, 1.165) is 31.9 Å². The van der Waals surface area contributed by atoms with Crippen molar-refractivity contribution in [3.63, 3.8) is 0 Å². The summed E-state index contributed by atoms with van der Waals surface area (Å²) < 4.78 is 0. The molecule has 3 aliphatic heterocycles. The third-order valence-corrected chi connectivity index (χ3v) is 7.29. The number of amides is 1. The fourth-order valence-corrected chi connectivity index (χ4v) is 5.43. The molecule has 1 amide bonds. The second kappa shape index (κ2) is 10.0. The van der Waals surface area contributed by atoms with Crippen LogP contribution in [0.15, 0.2) is 54.6 Å². The summed E-state index contributed by atoms with van der Waals surface area (Å²) in [6.07, 6.45) is 3.46. The van der Waals surface area contributed by atoms with Crippen molar-refractivity contribution in [2.45, 2.75) is 38.3 Å². The Hall–Kier alpha value is -2.77. The van der Waals surface area contributed by atoms with Crippen molar-refractivity contribution in [1.29, 1.82) is 0 Å². The molecule has 0 aliphatic carbocycles. The SMILES string of the molecule is CC1CCCN1C1CCN(c2ccc(NC(=O)ON3CCN(c4ccccc4)CC3)cc2)C1. The van der Waals surface area contributed by atoms with Gasteiger partial charge in [-0.25, -0.2) is 4.79 Å². The molecule has 2 unspecified atom stereocenters. The first-order valence-electron chi connectivity index (χ1n) is 12.3. The van der Waals surface area contributed by atoms with Crippen LogP contribution in [0.5, 0.6) is 0 Å². The van der Waals surface area contributed by atoms with Crippen molar-refractivity contribution in [2.75, 3.05) is 60.9 Å². The summed E-state index contributed by atoms with van der Waals surface area (Å²) in [7, 11) is 0. The molecule has 2 aromatic carbocycles. The first kappa shape index (κ1) is 22.0. The Morgan fingerprint density at radius 1 is 0.848 bits per heavy atom. The molecule has 7 heteroatoms. The molecule has 0 bridgehead atoms.